The van der Waals surface area contributed by atoms with Crippen molar-refractivity contribution in [2.75, 3.05) is 6.61 Å². The molecule has 0 saturated carbocycles. The Hall–Kier alpha value is -3.95. The summed E-state index contributed by atoms with van der Waals surface area (Å²) in [5, 5.41) is 0. The molecule has 266 valence electrons. The van der Waals surface area contributed by atoms with E-state index in [-0.39, 0.29) is 29.6 Å². The summed E-state index contributed by atoms with van der Waals surface area (Å²) in [5.74, 6) is -0.395. The number of rotatable bonds is 24. The summed E-state index contributed by atoms with van der Waals surface area (Å²) in [6.07, 6.45) is 21.0. The molecule has 3 aromatic carbocycles. The van der Waals surface area contributed by atoms with Crippen LogP contribution in [0.15, 0.2) is 84.3 Å². The summed E-state index contributed by atoms with van der Waals surface area (Å²) in [7, 11) is -4.65. The molecule has 0 aliphatic rings. The van der Waals surface area contributed by atoms with Crippen molar-refractivity contribution in [3.05, 3.63) is 84.9 Å². The Morgan fingerprint density at radius 1 is 0.673 bits per heavy atom. The van der Waals surface area contributed by atoms with Crippen LogP contribution in [0.4, 0.5) is 0 Å². The van der Waals surface area contributed by atoms with Gasteiger partial charge in [0.1, 0.15) is 28.8 Å². The fourth-order valence-electron chi connectivity index (χ4n) is 5.52. The van der Waals surface area contributed by atoms with Crippen LogP contribution in [-0.2, 0) is 14.9 Å². The number of ether oxygens (including phenoxy) is 3. The molecule has 0 atom stereocenters. The van der Waals surface area contributed by atoms with Gasteiger partial charge in [-0.05, 0) is 60.0 Å². The van der Waals surface area contributed by atoms with Gasteiger partial charge in [0.25, 0.3) is 10.1 Å². The van der Waals surface area contributed by atoms with Crippen molar-refractivity contribution in [2.45, 2.75) is 115 Å². The molecule has 0 spiro atoms. The maximum Gasteiger partial charge on any atom is 0.343 e. The summed E-state index contributed by atoms with van der Waals surface area (Å²) in [6.45, 7) is 5.78. The third-order valence-corrected chi connectivity index (χ3v) is 9.16. The van der Waals surface area contributed by atoms with Gasteiger partial charge in [-0.3, -0.25) is 9.35 Å². The Bertz CT molecular complexity index is 1550. The van der Waals surface area contributed by atoms with Gasteiger partial charge in [-0.15, -0.1) is 0 Å². The molecule has 0 saturated heterocycles. The summed E-state index contributed by atoms with van der Waals surface area (Å²) < 4.78 is 49.4. The van der Waals surface area contributed by atoms with Gasteiger partial charge in [0, 0.05) is 6.42 Å². The molecule has 0 heterocycles. The van der Waals surface area contributed by atoms with Gasteiger partial charge < -0.3 is 14.2 Å². The lowest BCUT2D eigenvalue weighted by molar-refractivity contribution is -0.134. The van der Waals surface area contributed by atoms with E-state index in [2.05, 4.69) is 13.5 Å². The van der Waals surface area contributed by atoms with E-state index < -0.39 is 21.0 Å². The van der Waals surface area contributed by atoms with Crippen molar-refractivity contribution in [3.8, 4) is 28.4 Å². The second kappa shape index (κ2) is 21.9. The Morgan fingerprint density at radius 2 is 1.14 bits per heavy atom. The summed E-state index contributed by atoms with van der Waals surface area (Å²) >= 11 is 0. The van der Waals surface area contributed by atoms with Gasteiger partial charge in [0.15, 0.2) is 0 Å². The zero-order chi connectivity index (χ0) is 35.3. The van der Waals surface area contributed by atoms with Crippen molar-refractivity contribution < 1.29 is 36.8 Å². The van der Waals surface area contributed by atoms with Crippen LogP contribution in [0.3, 0.4) is 0 Å². The molecule has 0 aliphatic heterocycles. The van der Waals surface area contributed by atoms with E-state index in [1.54, 1.807) is 36.4 Å². The van der Waals surface area contributed by atoms with Gasteiger partial charge >= 0.3 is 11.9 Å². The number of benzene rings is 3. The van der Waals surface area contributed by atoms with Gasteiger partial charge in [0.2, 0.25) is 0 Å². The Morgan fingerprint density at radius 3 is 1.61 bits per heavy atom. The number of hydrogen-bond donors (Lipinski definition) is 1. The van der Waals surface area contributed by atoms with Crippen molar-refractivity contribution in [1.29, 1.82) is 0 Å². The van der Waals surface area contributed by atoms with Crippen LogP contribution in [-0.4, -0.2) is 31.5 Å². The largest absolute Gasteiger partial charge is 0.488 e. The lowest BCUT2D eigenvalue weighted by Crippen LogP contribution is -2.11. The first kappa shape index (κ1) is 39.5. The fourth-order valence-corrected chi connectivity index (χ4v) is 6.18. The molecule has 0 bridgehead atoms. The summed E-state index contributed by atoms with van der Waals surface area (Å²) in [5.41, 5.74) is 1.66. The minimum Gasteiger partial charge on any atom is -0.488 e. The van der Waals surface area contributed by atoms with Crippen LogP contribution >= 0.6 is 0 Å². The normalized spacial score (nSPS) is 11.2. The minimum absolute atomic E-state index is 0.0200. The highest BCUT2D eigenvalue weighted by molar-refractivity contribution is 7.86. The molecule has 0 aromatic heterocycles. The average Bonchev–Trinajstić information content (AvgIpc) is 3.09. The topological polar surface area (TPSA) is 116 Å². The molecule has 0 unspecified atom stereocenters. The molecule has 49 heavy (non-hydrogen) atoms. The molecule has 0 amide bonds. The van der Waals surface area contributed by atoms with E-state index >= 15 is 0 Å². The maximum absolute atomic E-state index is 12.7. The first-order valence-electron chi connectivity index (χ1n) is 17.7. The standard InChI is InChI=1S/C40H52O8S/c1-3-5-6-7-8-9-10-11-12-13-14-15-16-17-18-19-39(41)47-35-25-20-32(21-26-35)33-22-27-36(28-23-33)48-40(42)34-24-29-37(46-30-4-2)38(31-34)49(43,44)45/h4,20-29,31H,2-3,5-19,30H2,1H3,(H,43,44,45). The van der Waals surface area contributed by atoms with Crippen LogP contribution in [0, 0.1) is 0 Å². The lowest BCUT2D eigenvalue weighted by atomic mass is 10.0. The molecule has 3 rings (SSSR count). The van der Waals surface area contributed by atoms with Crippen molar-refractivity contribution in [2.24, 2.45) is 0 Å². The first-order valence-corrected chi connectivity index (χ1v) is 19.1. The van der Waals surface area contributed by atoms with Crippen molar-refractivity contribution in [3.63, 3.8) is 0 Å². The van der Waals surface area contributed by atoms with Gasteiger partial charge in [0.05, 0.1) is 5.56 Å². The minimum atomic E-state index is -4.65. The molecule has 0 radical (unpaired) electrons. The van der Waals surface area contributed by atoms with Crippen LogP contribution in [0.25, 0.3) is 11.1 Å². The highest BCUT2D eigenvalue weighted by Gasteiger charge is 2.21. The van der Waals surface area contributed by atoms with E-state index in [1.807, 2.05) is 12.1 Å². The molecular formula is C40H52O8S. The van der Waals surface area contributed by atoms with Crippen LogP contribution in [0.2, 0.25) is 0 Å². The van der Waals surface area contributed by atoms with Crippen LogP contribution in [0.1, 0.15) is 120 Å². The quantitative estimate of drug-likeness (QED) is 0.0324. The first-order chi connectivity index (χ1) is 23.7. The predicted octanol–water partition coefficient (Wildman–Crippen LogP) is 10.6. The average molecular weight is 693 g/mol. The zero-order valence-electron chi connectivity index (χ0n) is 28.9. The van der Waals surface area contributed by atoms with Crippen molar-refractivity contribution >= 4 is 22.1 Å². The molecule has 1 N–H and O–H groups in total. The number of carbonyl (C=O) groups excluding carboxylic acids is 2. The monoisotopic (exact) mass is 692 g/mol. The van der Waals surface area contributed by atoms with Crippen LogP contribution < -0.4 is 14.2 Å². The van der Waals surface area contributed by atoms with Crippen molar-refractivity contribution in [1.82, 2.24) is 0 Å². The summed E-state index contributed by atoms with van der Waals surface area (Å²) in [4.78, 5) is 24.5. The Balaban J connectivity index is 1.34. The van der Waals surface area contributed by atoms with Gasteiger partial charge in [-0.2, -0.15) is 8.42 Å². The highest BCUT2D eigenvalue weighted by Crippen LogP contribution is 2.28. The van der Waals surface area contributed by atoms with Gasteiger partial charge in [-0.25, -0.2) is 4.79 Å². The number of carbonyl (C=O) groups is 2. The molecular weight excluding hydrogens is 640 g/mol. The summed E-state index contributed by atoms with van der Waals surface area (Å²) in [6, 6.07) is 17.6. The van der Waals surface area contributed by atoms with Crippen LogP contribution in [0.5, 0.6) is 17.2 Å². The zero-order valence-corrected chi connectivity index (χ0v) is 29.7. The number of unbranched alkanes of at least 4 members (excludes halogenated alkanes) is 14. The Labute approximate surface area is 292 Å². The van der Waals surface area contributed by atoms with Gasteiger partial charge in [-0.1, -0.05) is 134 Å². The third kappa shape index (κ3) is 15.0. The van der Waals surface area contributed by atoms with E-state index in [4.69, 9.17) is 14.2 Å². The van der Waals surface area contributed by atoms with E-state index in [9.17, 15) is 22.6 Å². The second-order valence-electron chi connectivity index (χ2n) is 12.3. The lowest BCUT2D eigenvalue weighted by Gasteiger charge is -2.10. The molecule has 9 heteroatoms. The highest BCUT2D eigenvalue weighted by atomic mass is 32.2. The molecule has 8 nitrogen and oxygen atoms in total. The number of esters is 2. The van der Waals surface area contributed by atoms with E-state index in [1.165, 1.54) is 95.3 Å². The Kier molecular flexibility index (Phi) is 17.7. The molecule has 0 fully saturated rings. The molecule has 3 aromatic rings. The molecule has 0 aliphatic carbocycles. The SMILES string of the molecule is C=CCOc1ccc(C(=O)Oc2ccc(-c3ccc(OC(=O)CCCCCCCCCCCCCCCCC)cc3)cc2)cc1S(=O)(=O)O. The third-order valence-electron chi connectivity index (χ3n) is 8.28. The van der Waals surface area contributed by atoms with E-state index in [0.29, 0.717) is 12.2 Å². The maximum atomic E-state index is 12.7. The number of hydrogen-bond acceptors (Lipinski definition) is 7. The fraction of sp³-hybridized carbons (Fsp3) is 0.450. The predicted molar refractivity (Wildman–Crippen MR) is 194 cm³/mol. The second-order valence-corrected chi connectivity index (χ2v) is 13.7. The smallest absolute Gasteiger partial charge is 0.343 e. The van der Waals surface area contributed by atoms with E-state index in [0.717, 1.165) is 36.5 Å².